The molecule has 1 aliphatic carbocycles. The molecule has 0 unspecified atom stereocenters. The van der Waals surface area contributed by atoms with Crippen LogP contribution in [-0.2, 0) is 9.47 Å². The van der Waals surface area contributed by atoms with Crippen LogP contribution in [0.15, 0.2) is 30.3 Å². The van der Waals surface area contributed by atoms with Crippen molar-refractivity contribution in [2.45, 2.75) is 76.9 Å². The zero-order valence-electron chi connectivity index (χ0n) is 21.5. The third-order valence-electron chi connectivity index (χ3n) is 7.40. The number of urea groups is 1. The number of likely N-dealkylation sites (tertiary alicyclic amines) is 1. The van der Waals surface area contributed by atoms with Gasteiger partial charge in [-0.2, -0.15) is 0 Å². The number of hydrogen-bond acceptors (Lipinski definition) is 4. The third-order valence-corrected chi connectivity index (χ3v) is 7.40. The Labute approximate surface area is 207 Å². The number of amides is 2. The van der Waals surface area contributed by atoms with Gasteiger partial charge in [-0.05, 0) is 43.7 Å². The standard InChI is InChI=1S/C28H47N3O3/c1-3-29-21-26(20-23-12-6-4-7-13-23)30-28(32)31-17-10-16-25(22-31)27(34-19-11-18-33-2)24-14-8-5-9-15-24/h5,8-9,14-15,23,25-27,29H,3-4,6-7,10-13,16-22H2,1-2H3,(H,30,32)/t25-,26+,27+/m1/s1. The van der Waals surface area contributed by atoms with Crippen LogP contribution < -0.4 is 10.6 Å². The van der Waals surface area contributed by atoms with Gasteiger partial charge in [-0.3, -0.25) is 0 Å². The summed E-state index contributed by atoms with van der Waals surface area (Å²) in [6, 6.07) is 10.8. The summed E-state index contributed by atoms with van der Waals surface area (Å²) in [4.78, 5) is 15.4. The van der Waals surface area contributed by atoms with Crippen molar-refractivity contribution in [3.05, 3.63) is 35.9 Å². The van der Waals surface area contributed by atoms with E-state index in [1.54, 1.807) is 7.11 Å². The van der Waals surface area contributed by atoms with E-state index < -0.39 is 0 Å². The number of likely N-dealkylation sites (N-methyl/N-ethyl adjacent to an activating group) is 1. The molecule has 1 aromatic rings. The van der Waals surface area contributed by atoms with Gasteiger partial charge in [-0.15, -0.1) is 0 Å². The van der Waals surface area contributed by atoms with Crippen LogP contribution in [0.5, 0.6) is 0 Å². The molecule has 0 bridgehead atoms. The maximum atomic E-state index is 13.3. The van der Waals surface area contributed by atoms with Gasteiger partial charge in [0, 0.05) is 51.9 Å². The fourth-order valence-corrected chi connectivity index (χ4v) is 5.61. The molecule has 0 radical (unpaired) electrons. The predicted octanol–water partition coefficient (Wildman–Crippen LogP) is 5.15. The van der Waals surface area contributed by atoms with E-state index in [2.05, 4.69) is 41.8 Å². The largest absolute Gasteiger partial charge is 0.385 e. The smallest absolute Gasteiger partial charge is 0.317 e. The Kier molecular flexibility index (Phi) is 12.2. The summed E-state index contributed by atoms with van der Waals surface area (Å²) in [5.41, 5.74) is 1.20. The van der Waals surface area contributed by atoms with Gasteiger partial charge < -0.3 is 25.0 Å². The topological polar surface area (TPSA) is 62.8 Å². The molecule has 2 N–H and O–H groups in total. The molecule has 1 saturated heterocycles. The lowest BCUT2D eigenvalue weighted by atomic mass is 9.84. The van der Waals surface area contributed by atoms with E-state index in [4.69, 9.17) is 9.47 Å². The van der Waals surface area contributed by atoms with Crippen LogP contribution in [0.2, 0.25) is 0 Å². The van der Waals surface area contributed by atoms with Crippen LogP contribution >= 0.6 is 0 Å². The molecule has 192 valence electrons. The second-order valence-electron chi connectivity index (χ2n) is 10.1. The molecule has 2 fully saturated rings. The lowest BCUT2D eigenvalue weighted by molar-refractivity contribution is -0.0168. The molecule has 6 nitrogen and oxygen atoms in total. The van der Waals surface area contributed by atoms with Crippen LogP contribution in [0.4, 0.5) is 4.79 Å². The van der Waals surface area contributed by atoms with E-state index in [0.717, 1.165) is 57.8 Å². The van der Waals surface area contributed by atoms with Gasteiger partial charge in [0.05, 0.1) is 6.10 Å². The first-order valence-electron chi connectivity index (χ1n) is 13.6. The van der Waals surface area contributed by atoms with Gasteiger partial charge in [-0.1, -0.05) is 69.4 Å². The van der Waals surface area contributed by atoms with E-state index in [9.17, 15) is 4.79 Å². The maximum absolute atomic E-state index is 13.3. The van der Waals surface area contributed by atoms with Crippen LogP contribution in [0, 0.1) is 11.8 Å². The normalized spacial score (nSPS) is 21.2. The molecule has 1 saturated carbocycles. The first-order valence-corrected chi connectivity index (χ1v) is 13.6. The number of rotatable bonds is 13. The predicted molar refractivity (Wildman–Crippen MR) is 138 cm³/mol. The van der Waals surface area contributed by atoms with Gasteiger partial charge in [0.15, 0.2) is 0 Å². The summed E-state index contributed by atoms with van der Waals surface area (Å²) in [6.07, 6.45) is 10.7. The van der Waals surface area contributed by atoms with Crippen molar-refractivity contribution in [2.75, 3.05) is 46.5 Å². The summed E-state index contributed by atoms with van der Waals surface area (Å²) in [5.74, 6) is 1.05. The Bertz CT molecular complexity index is 681. The second kappa shape index (κ2) is 15.4. The summed E-state index contributed by atoms with van der Waals surface area (Å²) in [6.45, 7) is 6.85. The molecule has 2 amide bonds. The number of piperidine rings is 1. The number of benzene rings is 1. The molecule has 1 aliphatic heterocycles. The lowest BCUT2D eigenvalue weighted by Crippen LogP contribution is -2.52. The minimum atomic E-state index is 0.00782. The molecule has 3 atom stereocenters. The van der Waals surface area contributed by atoms with Crippen LogP contribution in [0.1, 0.15) is 76.4 Å². The lowest BCUT2D eigenvalue weighted by Gasteiger charge is -2.38. The van der Waals surface area contributed by atoms with Crippen molar-refractivity contribution >= 4 is 6.03 Å². The van der Waals surface area contributed by atoms with Gasteiger partial charge in [0.2, 0.25) is 0 Å². The van der Waals surface area contributed by atoms with Gasteiger partial charge >= 0.3 is 6.03 Å². The molecule has 2 aliphatic rings. The Morgan fingerprint density at radius 2 is 1.88 bits per heavy atom. The molecular weight excluding hydrogens is 426 g/mol. The highest BCUT2D eigenvalue weighted by Crippen LogP contribution is 2.33. The van der Waals surface area contributed by atoms with Crippen LogP contribution in [0.25, 0.3) is 0 Å². The van der Waals surface area contributed by atoms with Crippen molar-refractivity contribution < 1.29 is 14.3 Å². The van der Waals surface area contributed by atoms with Gasteiger partial charge in [0.1, 0.15) is 0 Å². The SMILES string of the molecule is CCNC[C@H](CC1CCCCC1)NC(=O)N1CCC[C@@H]([C@@H](OCCCOC)c2ccccc2)C1. The average molecular weight is 474 g/mol. The van der Waals surface area contributed by atoms with Gasteiger partial charge in [-0.25, -0.2) is 4.79 Å². The fourth-order valence-electron chi connectivity index (χ4n) is 5.61. The third kappa shape index (κ3) is 8.86. The van der Waals surface area contributed by atoms with Gasteiger partial charge in [0.25, 0.3) is 0 Å². The van der Waals surface area contributed by atoms with E-state index in [-0.39, 0.29) is 18.2 Å². The van der Waals surface area contributed by atoms with Crippen LogP contribution in [-0.4, -0.2) is 63.5 Å². The van der Waals surface area contributed by atoms with Crippen LogP contribution in [0.3, 0.4) is 0 Å². The summed E-state index contributed by atoms with van der Waals surface area (Å²) >= 11 is 0. The summed E-state index contributed by atoms with van der Waals surface area (Å²) in [7, 11) is 1.73. The van der Waals surface area contributed by atoms with E-state index >= 15 is 0 Å². The molecule has 3 rings (SSSR count). The van der Waals surface area contributed by atoms with E-state index in [1.165, 1.54) is 37.7 Å². The number of ether oxygens (including phenoxy) is 2. The first kappa shape index (κ1) is 27.0. The Morgan fingerprint density at radius 1 is 1.09 bits per heavy atom. The highest BCUT2D eigenvalue weighted by atomic mass is 16.5. The Hall–Kier alpha value is -1.63. The van der Waals surface area contributed by atoms with Crippen molar-refractivity contribution in [1.29, 1.82) is 0 Å². The molecule has 34 heavy (non-hydrogen) atoms. The van der Waals surface area contributed by atoms with Crippen molar-refractivity contribution in [1.82, 2.24) is 15.5 Å². The zero-order valence-corrected chi connectivity index (χ0v) is 21.5. The second-order valence-corrected chi connectivity index (χ2v) is 10.1. The molecule has 0 spiro atoms. The number of carbonyl (C=O) groups is 1. The van der Waals surface area contributed by atoms with Crippen molar-refractivity contribution in [3.63, 3.8) is 0 Å². The monoisotopic (exact) mass is 473 g/mol. The minimum absolute atomic E-state index is 0.00782. The zero-order chi connectivity index (χ0) is 24.0. The molecular formula is C28H47N3O3. The molecule has 1 aromatic carbocycles. The number of carbonyl (C=O) groups excluding carboxylic acids is 1. The maximum Gasteiger partial charge on any atom is 0.317 e. The van der Waals surface area contributed by atoms with Crippen molar-refractivity contribution in [2.24, 2.45) is 11.8 Å². The Balaban J connectivity index is 1.60. The molecule has 0 aromatic heterocycles. The number of nitrogens with zero attached hydrogens (tertiary/aromatic N) is 1. The summed E-state index contributed by atoms with van der Waals surface area (Å²) < 4.78 is 11.6. The first-order chi connectivity index (χ1) is 16.7. The molecule has 6 heteroatoms. The summed E-state index contributed by atoms with van der Waals surface area (Å²) in [5, 5.41) is 6.86. The highest BCUT2D eigenvalue weighted by Gasteiger charge is 2.32. The number of nitrogens with one attached hydrogen (secondary N) is 2. The molecule has 1 heterocycles. The average Bonchev–Trinajstić information content (AvgIpc) is 2.88. The van der Waals surface area contributed by atoms with Crippen molar-refractivity contribution in [3.8, 4) is 0 Å². The quantitative estimate of drug-likeness (QED) is 0.389. The van der Waals surface area contributed by atoms with E-state index in [0.29, 0.717) is 19.1 Å². The number of hydrogen-bond donors (Lipinski definition) is 2. The fraction of sp³-hybridized carbons (Fsp3) is 0.750. The number of methoxy groups -OCH3 is 1. The minimum Gasteiger partial charge on any atom is -0.385 e. The van der Waals surface area contributed by atoms with E-state index in [1.807, 2.05) is 11.0 Å². The highest BCUT2D eigenvalue weighted by molar-refractivity contribution is 5.74. The Morgan fingerprint density at radius 3 is 2.62 bits per heavy atom.